The molecule has 0 unspecified atom stereocenters. The Labute approximate surface area is 148 Å². The van der Waals surface area contributed by atoms with Gasteiger partial charge in [-0.15, -0.1) is 0 Å². The molecule has 2 heterocycles. The standard InChI is InChI=1S/C16H19F2N5OS/c1-21-6-13(23-20)14-4-9-7-25-15(19)22-16(9,8-24-14)11-3-2-10(17)5-12(11)18/h2-3,5-6,9,14H,4,7-8,20H2,1H3,(H2,19,22)/t9-,14+,16-/m0/s1. The maximum atomic E-state index is 14.5. The molecule has 4 N–H and O–H groups in total. The van der Waals surface area contributed by atoms with Crippen molar-refractivity contribution in [3.8, 4) is 0 Å². The molecule has 0 radical (unpaired) electrons. The smallest absolute Gasteiger partial charge is 0.154 e. The van der Waals surface area contributed by atoms with Crippen molar-refractivity contribution in [2.24, 2.45) is 32.6 Å². The van der Waals surface area contributed by atoms with E-state index in [-0.39, 0.29) is 24.2 Å². The molecule has 2 aliphatic rings. The molecule has 3 rings (SSSR count). The first-order chi connectivity index (χ1) is 12.0. The molecule has 1 aromatic carbocycles. The number of amidine groups is 1. The van der Waals surface area contributed by atoms with Gasteiger partial charge in [0, 0.05) is 36.6 Å². The topological polar surface area (TPSA) is 98.3 Å². The average Bonchev–Trinajstić information content (AvgIpc) is 2.59. The van der Waals surface area contributed by atoms with Gasteiger partial charge < -0.3 is 16.3 Å². The van der Waals surface area contributed by atoms with E-state index in [2.05, 4.69) is 15.1 Å². The van der Waals surface area contributed by atoms with E-state index in [0.29, 0.717) is 23.1 Å². The number of hydrazone groups is 1. The summed E-state index contributed by atoms with van der Waals surface area (Å²) in [5.41, 5.74) is 5.73. The Morgan fingerprint density at radius 2 is 2.28 bits per heavy atom. The van der Waals surface area contributed by atoms with Crippen LogP contribution in [0, 0.1) is 17.6 Å². The zero-order valence-electron chi connectivity index (χ0n) is 13.7. The van der Waals surface area contributed by atoms with E-state index < -0.39 is 17.2 Å². The number of hydrogen-bond acceptors (Lipinski definition) is 7. The molecule has 9 heteroatoms. The lowest BCUT2D eigenvalue weighted by Gasteiger charge is -2.46. The summed E-state index contributed by atoms with van der Waals surface area (Å²) >= 11 is 1.41. The van der Waals surface area contributed by atoms with Crippen molar-refractivity contribution in [2.45, 2.75) is 18.1 Å². The van der Waals surface area contributed by atoms with E-state index in [4.69, 9.17) is 16.3 Å². The highest BCUT2D eigenvalue weighted by atomic mass is 32.2. The third kappa shape index (κ3) is 3.25. The Kier molecular flexibility index (Phi) is 5.05. The molecule has 1 saturated heterocycles. The van der Waals surface area contributed by atoms with Gasteiger partial charge in [0.05, 0.1) is 6.61 Å². The van der Waals surface area contributed by atoms with Crippen molar-refractivity contribution in [3.63, 3.8) is 0 Å². The summed E-state index contributed by atoms with van der Waals surface area (Å²) in [5.74, 6) is 4.72. The quantitative estimate of drug-likeness (QED) is 0.482. The fraction of sp³-hybridized carbons (Fsp3) is 0.438. The van der Waals surface area contributed by atoms with E-state index >= 15 is 0 Å². The van der Waals surface area contributed by atoms with Crippen molar-refractivity contribution in [1.82, 2.24) is 0 Å². The van der Waals surface area contributed by atoms with E-state index in [0.717, 1.165) is 6.07 Å². The summed E-state index contributed by atoms with van der Waals surface area (Å²) in [6.07, 6.45) is 1.72. The Hall–Kier alpha value is -2.00. The molecular formula is C16H19F2N5OS. The normalized spacial score (nSPS) is 30.2. The molecule has 2 aliphatic heterocycles. The van der Waals surface area contributed by atoms with Crippen molar-refractivity contribution < 1.29 is 13.5 Å². The zero-order chi connectivity index (χ0) is 18.0. The van der Waals surface area contributed by atoms with Gasteiger partial charge in [-0.05, 0) is 12.5 Å². The minimum atomic E-state index is -0.979. The molecule has 0 aromatic heterocycles. The molecule has 0 saturated carbocycles. The number of nitrogens with two attached hydrogens (primary N) is 2. The van der Waals surface area contributed by atoms with Crippen LogP contribution in [0.1, 0.15) is 12.0 Å². The molecule has 1 fully saturated rings. The molecule has 0 spiro atoms. The summed E-state index contributed by atoms with van der Waals surface area (Å²) in [6, 6.07) is 3.50. The van der Waals surface area contributed by atoms with Crippen LogP contribution in [-0.2, 0) is 10.3 Å². The Balaban J connectivity index is 2.00. The van der Waals surface area contributed by atoms with E-state index in [1.54, 1.807) is 13.3 Å². The molecule has 0 bridgehead atoms. The molecule has 6 nitrogen and oxygen atoms in total. The highest BCUT2D eigenvalue weighted by molar-refractivity contribution is 8.13. The number of ether oxygens (including phenoxy) is 1. The van der Waals surface area contributed by atoms with Gasteiger partial charge in [-0.25, -0.2) is 13.8 Å². The van der Waals surface area contributed by atoms with Crippen LogP contribution in [0.4, 0.5) is 8.78 Å². The monoisotopic (exact) mass is 367 g/mol. The van der Waals surface area contributed by atoms with Gasteiger partial charge in [-0.2, -0.15) is 5.10 Å². The number of aliphatic imine (C=N–C) groups is 2. The Bertz CT molecular complexity index is 754. The van der Waals surface area contributed by atoms with Crippen LogP contribution in [0.15, 0.2) is 33.3 Å². The van der Waals surface area contributed by atoms with Crippen LogP contribution in [0.2, 0.25) is 0 Å². The van der Waals surface area contributed by atoms with Gasteiger partial charge in [0.1, 0.15) is 29.0 Å². The molecular weight excluding hydrogens is 348 g/mol. The lowest BCUT2D eigenvalue weighted by Crippen LogP contribution is -2.52. The molecule has 3 atom stereocenters. The number of fused-ring (bicyclic) bond motifs is 1. The van der Waals surface area contributed by atoms with Crippen LogP contribution in [0.5, 0.6) is 0 Å². The molecule has 134 valence electrons. The maximum Gasteiger partial charge on any atom is 0.154 e. The third-order valence-electron chi connectivity index (χ3n) is 4.56. The van der Waals surface area contributed by atoms with Crippen LogP contribution in [0.3, 0.4) is 0 Å². The summed E-state index contributed by atoms with van der Waals surface area (Å²) in [5, 5.41) is 4.10. The van der Waals surface area contributed by atoms with Gasteiger partial charge in [0.25, 0.3) is 0 Å². The Morgan fingerprint density at radius 1 is 1.48 bits per heavy atom. The van der Waals surface area contributed by atoms with Crippen LogP contribution < -0.4 is 11.6 Å². The number of thioether (sulfide) groups is 1. The number of benzene rings is 1. The SMILES string of the molecule is CN=CC(=NN)[C@H]1C[C@H]2CSC(N)=N[C@@]2(c2ccc(F)cc2F)CO1. The van der Waals surface area contributed by atoms with Gasteiger partial charge >= 0.3 is 0 Å². The van der Waals surface area contributed by atoms with Crippen molar-refractivity contribution >= 4 is 28.9 Å². The number of hydrogen-bond donors (Lipinski definition) is 2. The van der Waals surface area contributed by atoms with Crippen molar-refractivity contribution in [1.29, 1.82) is 0 Å². The number of rotatable bonds is 3. The zero-order valence-corrected chi connectivity index (χ0v) is 14.5. The third-order valence-corrected chi connectivity index (χ3v) is 5.51. The first kappa shape index (κ1) is 17.8. The highest BCUT2D eigenvalue weighted by Crippen LogP contribution is 2.46. The fourth-order valence-corrected chi connectivity index (χ4v) is 4.36. The van der Waals surface area contributed by atoms with Gasteiger partial charge in [0.2, 0.25) is 0 Å². The van der Waals surface area contributed by atoms with Gasteiger partial charge in [0.15, 0.2) is 5.17 Å². The summed E-state index contributed by atoms with van der Waals surface area (Å²) in [6.45, 7) is 0.0999. The molecule has 0 aliphatic carbocycles. The number of halogens is 2. The lowest BCUT2D eigenvalue weighted by molar-refractivity contribution is -0.0244. The maximum absolute atomic E-state index is 14.5. The minimum absolute atomic E-state index is 0.0643. The van der Waals surface area contributed by atoms with Crippen LogP contribution in [0.25, 0.3) is 0 Å². The first-order valence-corrected chi connectivity index (χ1v) is 8.74. The highest BCUT2D eigenvalue weighted by Gasteiger charge is 2.50. The van der Waals surface area contributed by atoms with E-state index in [9.17, 15) is 8.78 Å². The summed E-state index contributed by atoms with van der Waals surface area (Å²) < 4.78 is 33.7. The predicted octanol–water partition coefficient (Wildman–Crippen LogP) is 1.64. The first-order valence-electron chi connectivity index (χ1n) is 7.75. The second-order valence-electron chi connectivity index (χ2n) is 5.98. The van der Waals surface area contributed by atoms with E-state index in [1.807, 2.05) is 0 Å². The Morgan fingerprint density at radius 3 is 2.96 bits per heavy atom. The number of nitrogens with zero attached hydrogens (tertiary/aromatic N) is 3. The molecule has 0 amide bonds. The van der Waals surface area contributed by atoms with Gasteiger partial charge in [-0.1, -0.05) is 17.8 Å². The molecule has 1 aromatic rings. The van der Waals surface area contributed by atoms with Crippen LogP contribution >= 0.6 is 11.8 Å². The largest absolute Gasteiger partial charge is 0.379 e. The second-order valence-corrected chi connectivity index (χ2v) is 7.02. The van der Waals surface area contributed by atoms with Crippen molar-refractivity contribution in [3.05, 3.63) is 35.4 Å². The van der Waals surface area contributed by atoms with Gasteiger partial charge in [-0.3, -0.25) is 4.99 Å². The van der Waals surface area contributed by atoms with Crippen molar-refractivity contribution in [2.75, 3.05) is 19.4 Å². The predicted molar refractivity (Wildman–Crippen MR) is 96.0 cm³/mol. The summed E-state index contributed by atoms with van der Waals surface area (Å²) in [4.78, 5) is 8.45. The second kappa shape index (κ2) is 7.09. The lowest BCUT2D eigenvalue weighted by atomic mass is 9.74. The summed E-state index contributed by atoms with van der Waals surface area (Å²) in [7, 11) is 1.62. The fourth-order valence-electron chi connectivity index (χ4n) is 3.35. The van der Waals surface area contributed by atoms with E-state index in [1.165, 1.54) is 23.9 Å². The molecule has 25 heavy (non-hydrogen) atoms. The van der Waals surface area contributed by atoms with Crippen LogP contribution in [-0.4, -0.2) is 42.6 Å². The average molecular weight is 367 g/mol. The minimum Gasteiger partial charge on any atom is -0.379 e.